The zero-order chi connectivity index (χ0) is 16.7. The normalized spacial score (nSPS) is 18.0. The lowest BCUT2D eigenvalue weighted by atomic mass is 9.84. The van der Waals surface area contributed by atoms with Crippen LogP contribution in [0.4, 0.5) is 11.4 Å². The van der Waals surface area contributed by atoms with Gasteiger partial charge in [0.05, 0.1) is 18.5 Å². The molecule has 1 fully saturated rings. The summed E-state index contributed by atoms with van der Waals surface area (Å²) in [5, 5.41) is 0.723. The van der Waals surface area contributed by atoms with Crippen LogP contribution in [0.5, 0.6) is 0 Å². The quantitative estimate of drug-likeness (QED) is 0.754. The molecule has 0 N–H and O–H groups in total. The SMILES string of the molecule is COC(=O)c1ccc2c(n1)C1(CCCC1)CN2c1cccc(Cl)c1. The van der Waals surface area contributed by atoms with E-state index in [4.69, 9.17) is 21.3 Å². The first-order valence-electron chi connectivity index (χ1n) is 8.26. The number of halogens is 1. The molecule has 1 aliphatic carbocycles. The summed E-state index contributed by atoms with van der Waals surface area (Å²) in [4.78, 5) is 18.9. The lowest BCUT2D eigenvalue weighted by molar-refractivity contribution is 0.0593. The molecule has 1 aliphatic heterocycles. The second-order valence-electron chi connectivity index (χ2n) is 6.61. The Morgan fingerprint density at radius 2 is 2.04 bits per heavy atom. The number of rotatable bonds is 2. The van der Waals surface area contributed by atoms with Crippen LogP contribution < -0.4 is 4.90 Å². The van der Waals surface area contributed by atoms with Gasteiger partial charge >= 0.3 is 5.97 Å². The highest BCUT2D eigenvalue weighted by Crippen LogP contribution is 2.51. The molecule has 2 heterocycles. The number of aromatic nitrogens is 1. The maximum Gasteiger partial charge on any atom is 0.356 e. The molecule has 0 atom stereocenters. The van der Waals surface area contributed by atoms with E-state index in [0.29, 0.717) is 5.69 Å². The molecule has 0 amide bonds. The first-order valence-corrected chi connectivity index (χ1v) is 8.64. The number of carbonyl (C=O) groups excluding carboxylic acids is 1. The van der Waals surface area contributed by atoms with Crippen molar-refractivity contribution >= 4 is 28.9 Å². The van der Waals surface area contributed by atoms with Crippen molar-refractivity contribution in [1.29, 1.82) is 0 Å². The maximum atomic E-state index is 11.9. The van der Waals surface area contributed by atoms with Gasteiger partial charge in [-0.15, -0.1) is 0 Å². The number of pyridine rings is 1. The van der Waals surface area contributed by atoms with Crippen molar-refractivity contribution in [2.45, 2.75) is 31.1 Å². The lowest BCUT2D eigenvalue weighted by Gasteiger charge is -2.25. The molecule has 2 aliphatic rings. The molecular weight excluding hydrogens is 324 g/mol. The highest BCUT2D eigenvalue weighted by Gasteiger charge is 2.46. The molecule has 5 heteroatoms. The fourth-order valence-corrected chi connectivity index (χ4v) is 4.25. The maximum absolute atomic E-state index is 11.9. The first kappa shape index (κ1) is 15.5. The van der Waals surface area contributed by atoms with Gasteiger partial charge in [0, 0.05) is 22.7 Å². The summed E-state index contributed by atoms with van der Waals surface area (Å²) < 4.78 is 4.84. The number of fused-ring (bicyclic) bond motifs is 2. The van der Waals surface area contributed by atoms with E-state index in [0.717, 1.165) is 41.5 Å². The van der Waals surface area contributed by atoms with Crippen LogP contribution in [0.2, 0.25) is 5.02 Å². The number of nitrogens with zero attached hydrogens (tertiary/aromatic N) is 2. The van der Waals surface area contributed by atoms with Crippen molar-refractivity contribution in [1.82, 2.24) is 4.98 Å². The first-order chi connectivity index (χ1) is 11.6. The van der Waals surface area contributed by atoms with Gasteiger partial charge in [0.25, 0.3) is 0 Å². The number of hydrogen-bond donors (Lipinski definition) is 0. The Kier molecular flexibility index (Phi) is 3.72. The number of anilines is 2. The highest BCUT2D eigenvalue weighted by atomic mass is 35.5. The Bertz CT molecular complexity index is 800. The van der Waals surface area contributed by atoms with E-state index in [2.05, 4.69) is 11.0 Å². The van der Waals surface area contributed by atoms with Crippen molar-refractivity contribution in [2.75, 3.05) is 18.6 Å². The monoisotopic (exact) mass is 342 g/mol. The molecule has 0 saturated heterocycles. The van der Waals surface area contributed by atoms with E-state index in [1.807, 2.05) is 24.3 Å². The van der Waals surface area contributed by atoms with E-state index >= 15 is 0 Å². The van der Waals surface area contributed by atoms with Gasteiger partial charge in [-0.25, -0.2) is 9.78 Å². The third kappa shape index (κ3) is 2.37. The Balaban J connectivity index is 1.83. The number of esters is 1. The van der Waals surface area contributed by atoms with Crippen LogP contribution in [-0.4, -0.2) is 24.6 Å². The van der Waals surface area contributed by atoms with E-state index < -0.39 is 0 Å². The molecule has 4 rings (SSSR count). The summed E-state index contributed by atoms with van der Waals surface area (Å²) in [5.74, 6) is -0.382. The van der Waals surface area contributed by atoms with Gasteiger partial charge in [0.15, 0.2) is 0 Å². The largest absolute Gasteiger partial charge is 0.464 e. The summed E-state index contributed by atoms with van der Waals surface area (Å²) in [7, 11) is 1.39. The topological polar surface area (TPSA) is 42.4 Å². The Labute approximate surface area is 146 Å². The van der Waals surface area contributed by atoms with Crippen molar-refractivity contribution in [2.24, 2.45) is 0 Å². The summed E-state index contributed by atoms with van der Waals surface area (Å²) in [5.41, 5.74) is 3.59. The molecular formula is C19H19ClN2O2. The van der Waals surface area contributed by atoms with Crippen LogP contribution in [0.3, 0.4) is 0 Å². The van der Waals surface area contributed by atoms with Gasteiger partial charge in [-0.2, -0.15) is 0 Å². The van der Waals surface area contributed by atoms with Crippen LogP contribution in [-0.2, 0) is 10.2 Å². The van der Waals surface area contributed by atoms with Gasteiger partial charge in [-0.1, -0.05) is 30.5 Å². The molecule has 0 bridgehead atoms. The third-order valence-electron chi connectivity index (χ3n) is 5.20. The second kappa shape index (κ2) is 5.78. The average molecular weight is 343 g/mol. The van der Waals surface area contributed by atoms with Gasteiger partial charge in [0.2, 0.25) is 0 Å². The minimum atomic E-state index is -0.382. The van der Waals surface area contributed by atoms with Gasteiger partial charge in [-0.3, -0.25) is 0 Å². The fourth-order valence-electron chi connectivity index (χ4n) is 4.06. The lowest BCUT2D eigenvalue weighted by Crippen LogP contribution is -2.29. The zero-order valence-electron chi connectivity index (χ0n) is 13.6. The molecule has 1 aromatic carbocycles. The summed E-state index contributed by atoms with van der Waals surface area (Å²) >= 11 is 6.18. The van der Waals surface area contributed by atoms with Crippen LogP contribution in [0, 0.1) is 0 Å². The number of hydrogen-bond acceptors (Lipinski definition) is 4. The predicted octanol–water partition coefficient (Wildman–Crippen LogP) is 4.49. The molecule has 1 aromatic heterocycles. The number of ether oxygens (including phenoxy) is 1. The Morgan fingerprint density at radius 3 is 2.75 bits per heavy atom. The third-order valence-corrected chi connectivity index (χ3v) is 5.44. The number of methoxy groups -OCH3 is 1. The van der Waals surface area contributed by atoms with Crippen LogP contribution in [0.25, 0.3) is 0 Å². The average Bonchev–Trinajstić information content (AvgIpc) is 3.20. The minimum absolute atomic E-state index is 0.0294. The van der Waals surface area contributed by atoms with Gasteiger partial charge in [0.1, 0.15) is 5.69 Å². The van der Waals surface area contributed by atoms with Crippen molar-refractivity contribution in [3.63, 3.8) is 0 Å². The molecule has 1 spiro atoms. The van der Waals surface area contributed by atoms with Crippen molar-refractivity contribution < 1.29 is 9.53 Å². The molecule has 1 saturated carbocycles. The highest BCUT2D eigenvalue weighted by molar-refractivity contribution is 6.30. The number of benzene rings is 1. The van der Waals surface area contributed by atoms with Crippen LogP contribution in [0.15, 0.2) is 36.4 Å². The van der Waals surface area contributed by atoms with E-state index in [9.17, 15) is 4.79 Å². The minimum Gasteiger partial charge on any atom is -0.464 e. The van der Waals surface area contributed by atoms with E-state index in [-0.39, 0.29) is 11.4 Å². The van der Waals surface area contributed by atoms with Crippen molar-refractivity contribution in [3.8, 4) is 0 Å². The predicted molar refractivity (Wildman–Crippen MR) is 94.2 cm³/mol. The smallest absolute Gasteiger partial charge is 0.356 e. The van der Waals surface area contributed by atoms with E-state index in [1.165, 1.54) is 20.0 Å². The Morgan fingerprint density at radius 1 is 1.25 bits per heavy atom. The standard InChI is InChI=1S/C19H19ClN2O2/c1-24-18(23)15-7-8-16-17(21-15)19(9-2-3-10-19)12-22(16)14-6-4-5-13(20)11-14/h4-8,11H,2-3,9-10,12H2,1H3. The van der Waals surface area contributed by atoms with Crippen LogP contribution in [0.1, 0.15) is 41.9 Å². The van der Waals surface area contributed by atoms with Crippen molar-refractivity contribution in [3.05, 3.63) is 52.8 Å². The fraction of sp³-hybridized carbons (Fsp3) is 0.368. The summed E-state index contributed by atoms with van der Waals surface area (Å²) in [6.45, 7) is 0.889. The summed E-state index contributed by atoms with van der Waals surface area (Å²) in [6, 6.07) is 11.6. The molecule has 0 unspecified atom stereocenters. The number of carbonyl (C=O) groups is 1. The molecule has 4 nitrogen and oxygen atoms in total. The van der Waals surface area contributed by atoms with Gasteiger partial charge < -0.3 is 9.64 Å². The van der Waals surface area contributed by atoms with Gasteiger partial charge in [-0.05, 0) is 43.2 Å². The zero-order valence-corrected chi connectivity index (χ0v) is 14.3. The Hall–Kier alpha value is -2.07. The molecule has 124 valence electrons. The van der Waals surface area contributed by atoms with Crippen LogP contribution >= 0.6 is 11.6 Å². The molecule has 24 heavy (non-hydrogen) atoms. The molecule has 0 radical (unpaired) electrons. The van der Waals surface area contributed by atoms with E-state index in [1.54, 1.807) is 6.07 Å². The second-order valence-corrected chi connectivity index (χ2v) is 7.05. The molecule has 2 aromatic rings. The summed E-state index contributed by atoms with van der Waals surface area (Å²) in [6.07, 6.45) is 4.61.